The van der Waals surface area contributed by atoms with Crippen molar-refractivity contribution < 1.29 is 8.42 Å². The number of nitrogens with zero attached hydrogens (tertiary/aromatic N) is 2. The first kappa shape index (κ1) is 10.8. The minimum absolute atomic E-state index is 0.258. The molecule has 3 N–H and O–H groups in total. The highest BCUT2D eigenvalue weighted by Gasteiger charge is 2.28. The Morgan fingerprint density at radius 1 is 1.67 bits per heavy atom. The molecular formula is C7H12N4O2S2. The van der Waals surface area contributed by atoms with E-state index < -0.39 is 10.0 Å². The van der Waals surface area contributed by atoms with E-state index >= 15 is 0 Å². The summed E-state index contributed by atoms with van der Waals surface area (Å²) in [4.78, 5) is 4.88. The first-order valence-corrected chi connectivity index (χ1v) is 6.93. The van der Waals surface area contributed by atoms with Crippen LogP contribution in [0.3, 0.4) is 0 Å². The van der Waals surface area contributed by atoms with E-state index in [0.29, 0.717) is 24.6 Å². The summed E-state index contributed by atoms with van der Waals surface area (Å²) in [6.07, 6.45) is 2.36. The van der Waals surface area contributed by atoms with Crippen LogP contribution >= 0.6 is 11.3 Å². The third-order valence-corrected chi connectivity index (χ3v) is 5.03. The Labute approximate surface area is 92.1 Å². The summed E-state index contributed by atoms with van der Waals surface area (Å²) >= 11 is 1.37. The van der Waals surface area contributed by atoms with Gasteiger partial charge >= 0.3 is 0 Å². The van der Waals surface area contributed by atoms with Gasteiger partial charge in [-0.1, -0.05) is 11.3 Å². The number of sulfonamides is 1. The Morgan fingerprint density at radius 3 is 3.00 bits per heavy atom. The number of hydrogen-bond donors (Lipinski definition) is 2. The molecule has 1 aromatic heterocycles. The van der Waals surface area contributed by atoms with Crippen molar-refractivity contribution in [1.29, 1.82) is 0 Å². The van der Waals surface area contributed by atoms with Gasteiger partial charge in [0, 0.05) is 24.2 Å². The SMILES string of the molecule is NNc1ncc(CN2CCCS2(=O)=O)s1. The molecule has 0 aliphatic carbocycles. The maximum absolute atomic E-state index is 11.5. The van der Waals surface area contributed by atoms with Crippen LogP contribution in [0.2, 0.25) is 0 Å². The van der Waals surface area contributed by atoms with Gasteiger partial charge in [-0.25, -0.2) is 19.2 Å². The topological polar surface area (TPSA) is 88.3 Å². The van der Waals surface area contributed by atoms with Crippen molar-refractivity contribution >= 4 is 26.5 Å². The molecule has 0 unspecified atom stereocenters. The van der Waals surface area contributed by atoms with E-state index in [1.165, 1.54) is 15.6 Å². The van der Waals surface area contributed by atoms with E-state index in [-0.39, 0.29) is 5.75 Å². The van der Waals surface area contributed by atoms with Crippen LogP contribution < -0.4 is 11.3 Å². The second-order valence-corrected chi connectivity index (χ2v) is 6.48. The van der Waals surface area contributed by atoms with Gasteiger partial charge in [-0.2, -0.15) is 4.31 Å². The second kappa shape index (κ2) is 4.05. The van der Waals surface area contributed by atoms with E-state index in [9.17, 15) is 8.42 Å². The minimum atomic E-state index is -3.02. The minimum Gasteiger partial charge on any atom is -0.300 e. The molecule has 1 aromatic rings. The molecule has 0 bridgehead atoms. The summed E-state index contributed by atoms with van der Waals surface area (Å²) in [6, 6.07) is 0. The van der Waals surface area contributed by atoms with Gasteiger partial charge in [0.15, 0.2) is 5.13 Å². The zero-order valence-corrected chi connectivity index (χ0v) is 9.64. The van der Waals surface area contributed by atoms with E-state index in [2.05, 4.69) is 10.4 Å². The van der Waals surface area contributed by atoms with Crippen molar-refractivity contribution in [1.82, 2.24) is 9.29 Å². The molecule has 84 valence electrons. The first-order valence-electron chi connectivity index (χ1n) is 4.51. The van der Waals surface area contributed by atoms with Crippen LogP contribution in [0.1, 0.15) is 11.3 Å². The fraction of sp³-hybridized carbons (Fsp3) is 0.571. The third-order valence-electron chi connectivity index (χ3n) is 2.21. The number of hydrogen-bond acceptors (Lipinski definition) is 6. The van der Waals surface area contributed by atoms with Crippen LogP contribution in [0.15, 0.2) is 6.20 Å². The molecule has 1 saturated heterocycles. The lowest BCUT2D eigenvalue weighted by atomic mass is 10.4. The zero-order valence-electron chi connectivity index (χ0n) is 8.01. The molecule has 15 heavy (non-hydrogen) atoms. The predicted octanol–water partition coefficient (Wildman–Crippen LogP) is -0.0358. The van der Waals surface area contributed by atoms with Crippen molar-refractivity contribution in [2.24, 2.45) is 5.84 Å². The standard InChI is InChI=1S/C7H12N4O2S2/c8-10-7-9-4-6(14-7)5-11-2-1-3-15(11,12)13/h4H,1-3,5,8H2,(H,9,10). The van der Waals surface area contributed by atoms with Crippen LogP contribution in [0, 0.1) is 0 Å². The lowest BCUT2D eigenvalue weighted by molar-refractivity contribution is 0.443. The van der Waals surface area contributed by atoms with E-state index in [4.69, 9.17) is 5.84 Å². The maximum Gasteiger partial charge on any atom is 0.214 e. The van der Waals surface area contributed by atoms with Crippen molar-refractivity contribution in [2.45, 2.75) is 13.0 Å². The fourth-order valence-corrected chi connectivity index (χ4v) is 3.81. The number of rotatable bonds is 3. The normalized spacial score (nSPS) is 20.6. The monoisotopic (exact) mass is 248 g/mol. The van der Waals surface area contributed by atoms with Gasteiger partial charge in [0.25, 0.3) is 0 Å². The van der Waals surface area contributed by atoms with Crippen molar-refractivity contribution in [2.75, 3.05) is 17.7 Å². The Balaban J connectivity index is 2.09. The smallest absolute Gasteiger partial charge is 0.214 e. The summed E-state index contributed by atoms with van der Waals surface area (Å²) in [5, 5.41) is 0.599. The largest absolute Gasteiger partial charge is 0.300 e. The molecule has 0 amide bonds. The van der Waals surface area contributed by atoms with Crippen LogP contribution in [-0.2, 0) is 16.6 Å². The molecule has 6 nitrogen and oxygen atoms in total. The Morgan fingerprint density at radius 2 is 2.47 bits per heavy atom. The molecule has 0 aromatic carbocycles. The van der Waals surface area contributed by atoms with Gasteiger partial charge in [-0.05, 0) is 6.42 Å². The molecule has 8 heteroatoms. The number of nitrogen functional groups attached to an aromatic ring is 1. The number of anilines is 1. The number of aromatic nitrogens is 1. The molecule has 1 aliphatic rings. The van der Waals surface area contributed by atoms with Gasteiger partial charge in [-0.3, -0.25) is 5.43 Å². The van der Waals surface area contributed by atoms with Crippen molar-refractivity contribution in [3.05, 3.63) is 11.1 Å². The highest BCUT2D eigenvalue weighted by molar-refractivity contribution is 7.89. The lowest BCUT2D eigenvalue weighted by Gasteiger charge is -2.11. The van der Waals surface area contributed by atoms with Gasteiger partial charge < -0.3 is 0 Å². The van der Waals surface area contributed by atoms with Gasteiger partial charge in [0.1, 0.15) is 0 Å². The summed E-state index contributed by atoms with van der Waals surface area (Å²) in [5.74, 6) is 5.45. The quantitative estimate of drug-likeness (QED) is 0.579. The van der Waals surface area contributed by atoms with E-state index in [0.717, 1.165) is 4.88 Å². The second-order valence-electron chi connectivity index (χ2n) is 3.28. The number of nitrogens with one attached hydrogen (secondary N) is 1. The van der Waals surface area contributed by atoms with Gasteiger partial charge in [0.05, 0.1) is 5.75 Å². The Bertz CT molecular complexity index is 442. The van der Waals surface area contributed by atoms with Crippen molar-refractivity contribution in [3.8, 4) is 0 Å². The van der Waals surface area contributed by atoms with E-state index in [1.807, 2.05) is 0 Å². The summed E-state index contributed by atoms with van der Waals surface area (Å²) in [6.45, 7) is 1.01. The average molecular weight is 248 g/mol. The lowest BCUT2D eigenvalue weighted by Crippen LogP contribution is -2.24. The van der Waals surface area contributed by atoms with Gasteiger partial charge in [0.2, 0.25) is 10.0 Å². The van der Waals surface area contributed by atoms with Crippen LogP contribution in [0.4, 0.5) is 5.13 Å². The molecule has 0 radical (unpaired) electrons. The molecule has 0 atom stereocenters. The number of thiazole rings is 1. The summed E-state index contributed by atoms with van der Waals surface area (Å²) in [5.41, 5.74) is 2.43. The molecule has 0 spiro atoms. The maximum atomic E-state index is 11.5. The average Bonchev–Trinajstić information content (AvgIpc) is 2.75. The zero-order chi connectivity index (χ0) is 10.9. The summed E-state index contributed by atoms with van der Waals surface area (Å²) in [7, 11) is -3.02. The van der Waals surface area contributed by atoms with Crippen LogP contribution in [0.25, 0.3) is 0 Å². The summed E-state index contributed by atoms with van der Waals surface area (Å²) < 4.78 is 24.5. The van der Waals surface area contributed by atoms with Crippen LogP contribution in [0.5, 0.6) is 0 Å². The Kier molecular flexibility index (Phi) is 2.91. The number of hydrazine groups is 1. The van der Waals surface area contributed by atoms with Crippen LogP contribution in [-0.4, -0.2) is 30.0 Å². The molecule has 1 aliphatic heterocycles. The molecule has 0 saturated carbocycles. The fourth-order valence-electron chi connectivity index (χ4n) is 1.49. The van der Waals surface area contributed by atoms with Gasteiger partial charge in [-0.15, -0.1) is 0 Å². The molecular weight excluding hydrogens is 236 g/mol. The van der Waals surface area contributed by atoms with Crippen molar-refractivity contribution in [3.63, 3.8) is 0 Å². The first-order chi connectivity index (χ1) is 7.12. The molecule has 2 rings (SSSR count). The number of nitrogens with two attached hydrogens (primary N) is 1. The third kappa shape index (κ3) is 2.28. The molecule has 2 heterocycles. The highest BCUT2D eigenvalue weighted by Crippen LogP contribution is 2.22. The van der Waals surface area contributed by atoms with E-state index in [1.54, 1.807) is 6.20 Å². The Hall–Kier alpha value is -0.700. The predicted molar refractivity (Wildman–Crippen MR) is 58.7 cm³/mol. The highest BCUT2D eigenvalue weighted by atomic mass is 32.2. The molecule has 1 fully saturated rings.